The molecule has 23 heavy (non-hydrogen) atoms. The lowest BCUT2D eigenvalue weighted by atomic mass is 9.72. The SMILES string of the molecule is O=C([O-])[C@]1(Cc2ccccc2)C2=C(CCC=C2)c2ccccc21. The van der Waals surface area contributed by atoms with Crippen molar-refractivity contribution in [3.05, 3.63) is 89.0 Å². The summed E-state index contributed by atoms with van der Waals surface area (Å²) in [6.45, 7) is 0. The highest BCUT2D eigenvalue weighted by Gasteiger charge is 2.45. The third kappa shape index (κ3) is 1.98. The zero-order valence-electron chi connectivity index (χ0n) is 12.8. The lowest BCUT2D eigenvalue weighted by Crippen LogP contribution is -2.47. The highest BCUT2D eigenvalue weighted by atomic mass is 16.4. The first-order chi connectivity index (χ1) is 11.2. The van der Waals surface area contributed by atoms with E-state index in [1.807, 2.05) is 60.7 Å². The van der Waals surface area contributed by atoms with E-state index in [1.54, 1.807) is 0 Å². The zero-order valence-corrected chi connectivity index (χ0v) is 12.8. The maximum Gasteiger partial charge on any atom is 0.0645 e. The van der Waals surface area contributed by atoms with Crippen molar-refractivity contribution < 1.29 is 9.90 Å². The van der Waals surface area contributed by atoms with E-state index in [9.17, 15) is 9.90 Å². The second-order valence-corrected chi connectivity index (χ2v) is 6.23. The molecule has 0 fully saturated rings. The number of allylic oxidation sites excluding steroid dienone is 3. The Kier molecular flexibility index (Phi) is 3.19. The van der Waals surface area contributed by atoms with Crippen molar-refractivity contribution in [1.29, 1.82) is 0 Å². The number of hydrogen-bond donors (Lipinski definition) is 0. The van der Waals surface area contributed by atoms with Crippen LogP contribution in [0.2, 0.25) is 0 Å². The van der Waals surface area contributed by atoms with E-state index in [1.165, 1.54) is 5.57 Å². The third-order valence-corrected chi connectivity index (χ3v) is 5.00. The summed E-state index contributed by atoms with van der Waals surface area (Å²) in [4.78, 5) is 12.4. The fraction of sp³-hybridized carbons (Fsp3) is 0.190. The maximum absolute atomic E-state index is 12.4. The Balaban J connectivity index is 1.96. The molecule has 0 radical (unpaired) electrons. The molecule has 0 spiro atoms. The van der Waals surface area contributed by atoms with Crippen LogP contribution < -0.4 is 5.11 Å². The van der Waals surface area contributed by atoms with Gasteiger partial charge in [-0.15, -0.1) is 0 Å². The van der Waals surface area contributed by atoms with Crippen LogP contribution in [0.25, 0.3) is 5.57 Å². The van der Waals surface area contributed by atoms with Crippen molar-refractivity contribution >= 4 is 11.5 Å². The average molecular weight is 301 g/mol. The normalized spacial score (nSPS) is 21.9. The molecule has 2 aliphatic rings. The van der Waals surface area contributed by atoms with Gasteiger partial charge in [-0.2, -0.15) is 0 Å². The van der Waals surface area contributed by atoms with Crippen molar-refractivity contribution in [2.45, 2.75) is 24.7 Å². The van der Waals surface area contributed by atoms with Crippen molar-refractivity contribution in [2.24, 2.45) is 0 Å². The molecule has 2 aliphatic carbocycles. The van der Waals surface area contributed by atoms with Crippen LogP contribution >= 0.6 is 0 Å². The summed E-state index contributed by atoms with van der Waals surface area (Å²) in [7, 11) is 0. The molecule has 0 bridgehead atoms. The fourth-order valence-electron chi connectivity index (χ4n) is 3.99. The second kappa shape index (κ2) is 5.24. The molecule has 2 heteroatoms. The van der Waals surface area contributed by atoms with Gasteiger partial charge in [-0.25, -0.2) is 0 Å². The van der Waals surface area contributed by atoms with Crippen molar-refractivity contribution in [3.8, 4) is 0 Å². The van der Waals surface area contributed by atoms with E-state index in [0.29, 0.717) is 6.42 Å². The Morgan fingerprint density at radius 2 is 1.78 bits per heavy atom. The summed E-state index contributed by atoms with van der Waals surface area (Å²) in [5, 5.41) is 12.4. The molecule has 1 atom stereocenters. The summed E-state index contributed by atoms with van der Waals surface area (Å²) in [5.41, 5.74) is 3.97. The van der Waals surface area contributed by atoms with Gasteiger partial charge < -0.3 is 9.90 Å². The molecular formula is C21H17O2-. The number of hydrogen-bond acceptors (Lipinski definition) is 2. The van der Waals surface area contributed by atoms with Crippen LogP contribution in [0.4, 0.5) is 0 Å². The minimum atomic E-state index is -1.08. The second-order valence-electron chi connectivity index (χ2n) is 6.23. The van der Waals surface area contributed by atoms with E-state index in [-0.39, 0.29) is 0 Å². The molecule has 0 N–H and O–H groups in total. The molecule has 2 nitrogen and oxygen atoms in total. The molecule has 2 aromatic rings. The quantitative estimate of drug-likeness (QED) is 0.874. The fourth-order valence-corrected chi connectivity index (χ4v) is 3.99. The molecule has 0 saturated carbocycles. The molecule has 4 rings (SSSR count). The molecule has 0 amide bonds. The minimum Gasteiger partial charge on any atom is -0.549 e. The van der Waals surface area contributed by atoms with Gasteiger partial charge in [0.2, 0.25) is 0 Å². The van der Waals surface area contributed by atoms with Gasteiger partial charge in [-0.05, 0) is 47.1 Å². The molecule has 0 unspecified atom stereocenters. The first-order valence-corrected chi connectivity index (χ1v) is 7.99. The lowest BCUT2D eigenvalue weighted by molar-refractivity contribution is -0.312. The van der Waals surface area contributed by atoms with Crippen LogP contribution in [0.3, 0.4) is 0 Å². The van der Waals surface area contributed by atoms with Crippen LogP contribution in [0.15, 0.2) is 72.3 Å². The van der Waals surface area contributed by atoms with Gasteiger partial charge >= 0.3 is 0 Å². The monoisotopic (exact) mass is 301 g/mol. The predicted octanol–water partition coefficient (Wildman–Crippen LogP) is 3.03. The van der Waals surface area contributed by atoms with Gasteiger partial charge in [0.25, 0.3) is 0 Å². The molecule has 0 aromatic heterocycles. The predicted molar refractivity (Wildman–Crippen MR) is 88.6 cm³/mol. The van der Waals surface area contributed by atoms with E-state index in [0.717, 1.165) is 35.1 Å². The van der Waals surface area contributed by atoms with Crippen LogP contribution in [-0.2, 0) is 16.6 Å². The van der Waals surface area contributed by atoms with E-state index in [2.05, 4.69) is 6.08 Å². The Morgan fingerprint density at radius 3 is 2.57 bits per heavy atom. The van der Waals surface area contributed by atoms with Gasteiger partial charge in [0, 0.05) is 0 Å². The maximum atomic E-state index is 12.4. The van der Waals surface area contributed by atoms with Gasteiger partial charge in [-0.3, -0.25) is 0 Å². The summed E-state index contributed by atoms with van der Waals surface area (Å²) >= 11 is 0. The summed E-state index contributed by atoms with van der Waals surface area (Å²) in [6.07, 6.45) is 6.36. The number of aliphatic carboxylic acids is 1. The van der Waals surface area contributed by atoms with Gasteiger partial charge in [0.15, 0.2) is 0 Å². The number of carbonyl (C=O) groups is 1. The zero-order chi connectivity index (χ0) is 15.9. The van der Waals surface area contributed by atoms with Crippen molar-refractivity contribution in [2.75, 3.05) is 0 Å². The Morgan fingerprint density at radius 1 is 1.04 bits per heavy atom. The number of benzene rings is 2. The lowest BCUT2D eigenvalue weighted by Gasteiger charge is -2.35. The van der Waals surface area contributed by atoms with Crippen LogP contribution in [0.1, 0.15) is 29.5 Å². The number of fused-ring (bicyclic) bond motifs is 2. The number of rotatable bonds is 3. The largest absolute Gasteiger partial charge is 0.549 e. The first-order valence-electron chi connectivity index (χ1n) is 7.99. The highest BCUT2D eigenvalue weighted by molar-refractivity contribution is 5.97. The van der Waals surface area contributed by atoms with E-state index < -0.39 is 11.4 Å². The standard InChI is InChI=1S/C21H18O2/c22-20(23)21(14-15-8-2-1-3-9-15)18-12-6-4-10-16(18)17-11-5-7-13-19(17)21/h1-4,6-10,12-13H,5,11,14H2,(H,22,23)/p-1/t21-/m0/s1. The third-order valence-electron chi connectivity index (χ3n) is 5.00. The molecule has 0 heterocycles. The summed E-state index contributed by atoms with van der Waals surface area (Å²) in [5.74, 6) is -1.01. The highest BCUT2D eigenvalue weighted by Crippen LogP contribution is 2.51. The van der Waals surface area contributed by atoms with Crippen LogP contribution in [0, 0.1) is 0 Å². The molecule has 0 saturated heterocycles. The topological polar surface area (TPSA) is 40.1 Å². The van der Waals surface area contributed by atoms with Gasteiger partial charge in [0.05, 0.1) is 11.4 Å². The van der Waals surface area contributed by atoms with Gasteiger partial charge in [0.1, 0.15) is 0 Å². The number of carboxylic acids is 1. The number of carbonyl (C=O) groups excluding carboxylic acids is 1. The van der Waals surface area contributed by atoms with E-state index in [4.69, 9.17) is 0 Å². The van der Waals surface area contributed by atoms with Crippen molar-refractivity contribution in [3.63, 3.8) is 0 Å². The Hall–Kier alpha value is -2.61. The van der Waals surface area contributed by atoms with E-state index >= 15 is 0 Å². The van der Waals surface area contributed by atoms with Crippen LogP contribution in [0.5, 0.6) is 0 Å². The first kappa shape index (κ1) is 14.0. The summed E-state index contributed by atoms with van der Waals surface area (Å²) < 4.78 is 0. The molecule has 114 valence electrons. The molecule has 0 aliphatic heterocycles. The number of carboxylic acid groups (broad SMARTS) is 1. The van der Waals surface area contributed by atoms with Crippen molar-refractivity contribution in [1.82, 2.24) is 0 Å². The Bertz CT molecular complexity index is 830. The van der Waals surface area contributed by atoms with Gasteiger partial charge in [-0.1, -0.05) is 66.7 Å². The van der Waals surface area contributed by atoms with Crippen LogP contribution in [-0.4, -0.2) is 5.97 Å². The average Bonchev–Trinajstić information content (AvgIpc) is 2.88. The Labute approximate surface area is 135 Å². The molecular weight excluding hydrogens is 284 g/mol. The minimum absolute atomic E-state index is 0.427. The molecule has 2 aromatic carbocycles. The summed E-state index contributed by atoms with van der Waals surface area (Å²) in [6, 6.07) is 17.7. The smallest absolute Gasteiger partial charge is 0.0645 e.